The maximum atomic E-state index is 12.5. The first kappa shape index (κ1) is 23.1. The van der Waals surface area contributed by atoms with Gasteiger partial charge in [0.05, 0.1) is 0 Å². The summed E-state index contributed by atoms with van der Waals surface area (Å²) in [4.78, 5) is 47.0. The highest BCUT2D eigenvalue weighted by Crippen LogP contribution is 2.08. The lowest BCUT2D eigenvalue weighted by Crippen LogP contribution is -2.52. The fourth-order valence-electron chi connectivity index (χ4n) is 2.49. The lowest BCUT2D eigenvalue weighted by Gasteiger charge is -2.22. The monoisotopic (exact) mass is 392 g/mol. The van der Waals surface area contributed by atoms with E-state index in [1.807, 2.05) is 32.0 Å². The van der Waals surface area contributed by atoms with Gasteiger partial charge in [-0.05, 0) is 31.2 Å². The highest BCUT2D eigenvalue weighted by Gasteiger charge is 2.27. The summed E-state index contributed by atoms with van der Waals surface area (Å²) >= 11 is 0. The predicted molar refractivity (Wildman–Crippen MR) is 102 cm³/mol. The number of hydrogen-bond donors (Lipinski definition) is 3. The minimum absolute atomic E-state index is 0.0107. The number of carbonyl (C=O) groups is 4. The SMILES string of the molecule is CC(=O)CC[C@H](NC(=O)[C@H](CC(C)C)NC(=O)OCc1ccccc1)C(=O)O. The largest absolute Gasteiger partial charge is 0.480 e. The third-order valence-corrected chi connectivity index (χ3v) is 3.93. The number of nitrogens with one attached hydrogen (secondary N) is 2. The zero-order valence-electron chi connectivity index (χ0n) is 16.4. The molecule has 2 amide bonds. The van der Waals surface area contributed by atoms with Crippen LogP contribution in [0.2, 0.25) is 0 Å². The van der Waals surface area contributed by atoms with Crippen LogP contribution < -0.4 is 10.6 Å². The average Bonchev–Trinajstić information content (AvgIpc) is 2.62. The Hall–Kier alpha value is -2.90. The van der Waals surface area contributed by atoms with Gasteiger partial charge in [-0.25, -0.2) is 9.59 Å². The van der Waals surface area contributed by atoms with Gasteiger partial charge in [0.1, 0.15) is 24.5 Å². The molecule has 8 heteroatoms. The van der Waals surface area contributed by atoms with Crippen molar-refractivity contribution in [3.05, 3.63) is 35.9 Å². The van der Waals surface area contributed by atoms with Crippen molar-refractivity contribution in [2.75, 3.05) is 0 Å². The first-order chi connectivity index (χ1) is 13.2. The maximum absolute atomic E-state index is 12.5. The van der Waals surface area contributed by atoms with Crippen LogP contribution in [0.3, 0.4) is 0 Å². The molecule has 28 heavy (non-hydrogen) atoms. The van der Waals surface area contributed by atoms with Crippen LogP contribution in [0.4, 0.5) is 4.79 Å². The van der Waals surface area contributed by atoms with Gasteiger partial charge < -0.3 is 25.3 Å². The van der Waals surface area contributed by atoms with Gasteiger partial charge in [0.25, 0.3) is 0 Å². The number of benzene rings is 1. The molecule has 1 aromatic rings. The Morgan fingerprint density at radius 3 is 2.21 bits per heavy atom. The Kier molecular flexibility index (Phi) is 9.70. The first-order valence-corrected chi connectivity index (χ1v) is 9.18. The van der Waals surface area contributed by atoms with Crippen LogP contribution in [0.15, 0.2) is 30.3 Å². The number of carbonyl (C=O) groups excluding carboxylic acids is 3. The van der Waals surface area contributed by atoms with Crippen molar-refractivity contribution in [3.8, 4) is 0 Å². The summed E-state index contributed by atoms with van der Waals surface area (Å²) in [6.07, 6.45) is -0.423. The first-order valence-electron chi connectivity index (χ1n) is 9.18. The van der Waals surface area contributed by atoms with Crippen molar-refractivity contribution in [1.29, 1.82) is 0 Å². The van der Waals surface area contributed by atoms with Crippen LogP contribution in [0, 0.1) is 5.92 Å². The molecule has 8 nitrogen and oxygen atoms in total. The van der Waals surface area contributed by atoms with Crippen LogP contribution in [-0.2, 0) is 25.7 Å². The Balaban J connectivity index is 2.68. The number of aliphatic carboxylic acids is 1. The van der Waals surface area contributed by atoms with Crippen molar-refractivity contribution in [2.45, 2.75) is 58.7 Å². The molecule has 0 unspecified atom stereocenters. The van der Waals surface area contributed by atoms with Gasteiger partial charge in [-0.3, -0.25) is 4.79 Å². The summed E-state index contributed by atoms with van der Waals surface area (Å²) in [5.41, 5.74) is 0.803. The van der Waals surface area contributed by atoms with E-state index in [0.717, 1.165) is 5.56 Å². The zero-order chi connectivity index (χ0) is 21.1. The van der Waals surface area contributed by atoms with E-state index in [1.54, 1.807) is 12.1 Å². The van der Waals surface area contributed by atoms with E-state index in [0.29, 0.717) is 6.42 Å². The standard InChI is InChI=1S/C20H28N2O6/c1-13(2)11-17(18(24)21-16(19(25)26)10-9-14(3)23)22-20(27)28-12-15-7-5-4-6-8-15/h4-8,13,16-17H,9-12H2,1-3H3,(H,21,24)(H,22,27)(H,25,26)/t16-,17-/m0/s1. The van der Waals surface area contributed by atoms with Gasteiger partial charge >= 0.3 is 12.1 Å². The van der Waals surface area contributed by atoms with Crippen molar-refractivity contribution < 1.29 is 29.0 Å². The highest BCUT2D eigenvalue weighted by atomic mass is 16.5. The second-order valence-corrected chi connectivity index (χ2v) is 7.03. The molecule has 0 aromatic heterocycles. The van der Waals surface area contributed by atoms with Crippen LogP contribution in [0.5, 0.6) is 0 Å². The minimum atomic E-state index is -1.23. The van der Waals surface area contributed by atoms with Gasteiger partial charge in [0.15, 0.2) is 0 Å². The maximum Gasteiger partial charge on any atom is 0.408 e. The fourth-order valence-corrected chi connectivity index (χ4v) is 2.49. The Labute approximate surface area is 164 Å². The molecule has 1 rings (SSSR count). The van der Waals surface area contributed by atoms with Crippen molar-refractivity contribution in [2.24, 2.45) is 5.92 Å². The number of ether oxygens (including phenoxy) is 1. The van der Waals surface area contributed by atoms with Crippen molar-refractivity contribution >= 4 is 23.8 Å². The highest BCUT2D eigenvalue weighted by molar-refractivity contribution is 5.89. The van der Waals surface area contributed by atoms with Crippen molar-refractivity contribution in [3.63, 3.8) is 0 Å². The number of carboxylic acid groups (broad SMARTS) is 1. The van der Waals surface area contributed by atoms with Gasteiger partial charge in [-0.1, -0.05) is 44.2 Å². The van der Waals surface area contributed by atoms with E-state index >= 15 is 0 Å². The van der Waals surface area contributed by atoms with Crippen LogP contribution in [-0.4, -0.2) is 40.9 Å². The van der Waals surface area contributed by atoms with Crippen LogP contribution in [0.1, 0.15) is 45.6 Å². The molecule has 0 bridgehead atoms. The van der Waals surface area contributed by atoms with Crippen LogP contribution >= 0.6 is 0 Å². The van der Waals surface area contributed by atoms with Gasteiger partial charge in [-0.15, -0.1) is 0 Å². The van der Waals surface area contributed by atoms with Gasteiger partial charge in [0, 0.05) is 6.42 Å². The average molecular weight is 392 g/mol. The smallest absolute Gasteiger partial charge is 0.408 e. The normalized spacial score (nSPS) is 12.7. The van der Waals surface area contributed by atoms with Crippen molar-refractivity contribution in [1.82, 2.24) is 10.6 Å². The zero-order valence-corrected chi connectivity index (χ0v) is 16.4. The molecule has 0 heterocycles. The minimum Gasteiger partial charge on any atom is -0.480 e. The molecule has 0 spiro atoms. The van der Waals surface area contributed by atoms with E-state index in [9.17, 15) is 24.3 Å². The third kappa shape index (κ3) is 9.16. The fraction of sp³-hybridized carbons (Fsp3) is 0.500. The number of carboxylic acids is 1. The number of hydrogen-bond acceptors (Lipinski definition) is 5. The molecule has 154 valence electrons. The molecule has 0 radical (unpaired) electrons. The number of amides is 2. The molecule has 0 fully saturated rings. The van der Waals surface area contributed by atoms with E-state index in [-0.39, 0.29) is 31.1 Å². The Morgan fingerprint density at radius 2 is 1.68 bits per heavy atom. The van der Waals surface area contributed by atoms with E-state index in [1.165, 1.54) is 6.92 Å². The Morgan fingerprint density at radius 1 is 1.04 bits per heavy atom. The van der Waals surface area contributed by atoms with E-state index in [4.69, 9.17) is 4.74 Å². The number of Topliss-reactive ketones (excluding diaryl/α,β-unsaturated/α-hetero) is 1. The summed E-state index contributed by atoms with van der Waals surface area (Å²) in [6.45, 7) is 5.16. The Bertz CT molecular complexity index is 675. The molecular formula is C20H28N2O6. The molecule has 0 aliphatic carbocycles. The quantitative estimate of drug-likeness (QED) is 0.531. The second-order valence-electron chi connectivity index (χ2n) is 7.03. The summed E-state index contributed by atoms with van der Waals surface area (Å²) in [7, 11) is 0. The van der Waals surface area contributed by atoms with Crippen LogP contribution in [0.25, 0.3) is 0 Å². The van der Waals surface area contributed by atoms with Gasteiger partial charge in [0.2, 0.25) is 5.91 Å². The molecule has 0 aliphatic rings. The topological polar surface area (TPSA) is 122 Å². The number of rotatable bonds is 11. The molecule has 1 aromatic carbocycles. The van der Waals surface area contributed by atoms with Gasteiger partial charge in [-0.2, -0.15) is 0 Å². The summed E-state index contributed by atoms with van der Waals surface area (Å²) < 4.78 is 5.13. The lowest BCUT2D eigenvalue weighted by molar-refractivity contribution is -0.142. The lowest BCUT2D eigenvalue weighted by atomic mass is 10.0. The third-order valence-electron chi connectivity index (χ3n) is 3.93. The molecule has 0 aliphatic heterocycles. The molecular weight excluding hydrogens is 364 g/mol. The molecule has 2 atom stereocenters. The number of ketones is 1. The summed E-state index contributed by atoms with van der Waals surface area (Å²) in [5.74, 6) is -1.95. The molecule has 0 saturated heterocycles. The molecule has 3 N–H and O–H groups in total. The predicted octanol–water partition coefficient (Wildman–Crippen LogP) is 2.27. The second kappa shape index (κ2) is 11.7. The molecule has 0 saturated carbocycles. The van der Waals surface area contributed by atoms with E-state index < -0.39 is 30.1 Å². The number of alkyl carbamates (subject to hydrolysis) is 1. The summed E-state index contributed by atoms with van der Waals surface area (Å²) in [6, 6.07) is 6.95. The van der Waals surface area contributed by atoms with E-state index in [2.05, 4.69) is 10.6 Å². The summed E-state index contributed by atoms with van der Waals surface area (Å²) in [5, 5.41) is 14.1.